The van der Waals surface area contributed by atoms with E-state index >= 15 is 0 Å². The van der Waals surface area contributed by atoms with Gasteiger partial charge in [0.25, 0.3) is 0 Å². The summed E-state index contributed by atoms with van der Waals surface area (Å²) in [5.74, 6) is -1.06. The van der Waals surface area contributed by atoms with E-state index in [1.165, 1.54) is 31.1 Å². The van der Waals surface area contributed by atoms with Crippen molar-refractivity contribution in [2.45, 2.75) is 126 Å². The monoisotopic (exact) mass is 779 g/mol. The van der Waals surface area contributed by atoms with E-state index in [0.29, 0.717) is 24.3 Å². The number of carbonyl (C=O) groups excluding carboxylic acids is 4. The van der Waals surface area contributed by atoms with Crippen molar-refractivity contribution in [3.05, 3.63) is 46.5 Å². The average Bonchev–Trinajstić information content (AvgIpc) is 3.06. The maximum atomic E-state index is 14.1. The van der Waals surface area contributed by atoms with Crippen molar-refractivity contribution < 1.29 is 48.0 Å². The van der Waals surface area contributed by atoms with Crippen molar-refractivity contribution in [1.29, 1.82) is 0 Å². The molecule has 7 atom stereocenters. The molecule has 1 aromatic carbocycles. The van der Waals surface area contributed by atoms with Crippen molar-refractivity contribution in [2.75, 3.05) is 33.2 Å². The molecule has 0 aliphatic carbocycles. The van der Waals surface area contributed by atoms with Crippen LogP contribution in [0.3, 0.4) is 0 Å². The fraction of sp³-hybridized carbons (Fsp3) is 0.632. The molecule has 0 saturated carbocycles. The van der Waals surface area contributed by atoms with Gasteiger partial charge in [-0.25, -0.2) is 9.59 Å². The van der Waals surface area contributed by atoms with Crippen molar-refractivity contribution in [3.8, 4) is 5.75 Å². The first-order valence-electron chi connectivity index (χ1n) is 17.6. The number of aliphatic hydroxyl groups is 1. The average molecular weight is 780 g/mol. The molecule has 3 amide bonds. The maximum Gasteiger partial charge on any atom is 0.409 e. The number of nitrogens with zero attached hydrogens (tertiary/aromatic N) is 2. The molecular weight excluding hydrogens is 726 g/mol. The van der Waals surface area contributed by atoms with E-state index in [4.69, 9.17) is 35.3 Å². The first-order valence-corrected chi connectivity index (χ1v) is 18.5. The number of esters is 1. The van der Waals surface area contributed by atoms with Crippen LogP contribution in [0.15, 0.2) is 35.9 Å². The van der Waals surface area contributed by atoms with Crippen LogP contribution in [0.1, 0.15) is 79.2 Å². The first-order chi connectivity index (χ1) is 24.5. The first kappa shape index (κ1) is 42.4. The number of ether oxygens (including phenoxy) is 5. The van der Waals surface area contributed by atoms with Gasteiger partial charge in [-0.1, -0.05) is 49.2 Å². The molecule has 4 heterocycles. The second-order valence-corrected chi connectivity index (χ2v) is 17.1. The minimum atomic E-state index is -1.86. The fourth-order valence-electron chi connectivity index (χ4n) is 7.10. The molecule has 15 heteroatoms. The Labute approximate surface area is 322 Å². The summed E-state index contributed by atoms with van der Waals surface area (Å²) in [5.41, 5.74) is -2.13. The van der Waals surface area contributed by atoms with Gasteiger partial charge in [0.2, 0.25) is 11.8 Å². The van der Waals surface area contributed by atoms with Crippen LogP contribution in [-0.4, -0.2) is 108 Å². The van der Waals surface area contributed by atoms with E-state index in [2.05, 4.69) is 17.9 Å². The lowest BCUT2D eigenvalue weighted by molar-refractivity contribution is -0.328. The third-order valence-corrected chi connectivity index (χ3v) is 11.0. The van der Waals surface area contributed by atoms with Gasteiger partial charge in [0, 0.05) is 45.2 Å². The number of hydrogen-bond donors (Lipinski definition) is 3. The van der Waals surface area contributed by atoms with Crippen LogP contribution in [-0.2, 0) is 39.8 Å². The van der Waals surface area contributed by atoms with Crippen molar-refractivity contribution in [3.63, 3.8) is 0 Å². The van der Waals surface area contributed by atoms with Gasteiger partial charge in [-0.3, -0.25) is 14.9 Å². The van der Waals surface area contributed by atoms with Crippen LogP contribution >= 0.6 is 24.2 Å². The summed E-state index contributed by atoms with van der Waals surface area (Å²) in [4.78, 5) is 56.5. The predicted octanol–water partition coefficient (Wildman–Crippen LogP) is 5.15. The number of methoxy groups -OCH3 is 2. The number of halogens is 1. The number of likely N-dealkylation sites (N-methyl/N-ethyl adjacent to an activating group) is 1. The Balaban J connectivity index is 1.74. The molecule has 6 bridgehead atoms. The Morgan fingerprint density at radius 2 is 1.89 bits per heavy atom. The lowest BCUT2D eigenvalue weighted by Crippen LogP contribution is -2.72. The summed E-state index contributed by atoms with van der Waals surface area (Å²) >= 11 is 11.3. The molecule has 2 N–H and O–H groups in total. The summed E-state index contributed by atoms with van der Waals surface area (Å²) in [6, 6.07) is 2.59. The highest BCUT2D eigenvalue weighted by molar-refractivity contribution is 7.81. The van der Waals surface area contributed by atoms with Gasteiger partial charge in [-0.15, -0.1) is 0 Å². The van der Waals surface area contributed by atoms with Crippen LogP contribution < -0.4 is 15.0 Å². The topological polar surface area (TPSA) is 153 Å². The van der Waals surface area contributed by atoms with Gasteiger partial charge in [0.15, 0.2) is 5.72 Å². The van der Waals surface area contributed by atoms with E-state index in [-0.39, 0.29) is 41.4 Å². The second kappa shape index (κ2) is 16.2. The third kappa shape index (κ3) is 9.69. The van der Waals surface area contributed by atoms with Crippen molar-refractivity contribution >= 4 is 53.8 Å². The number of fused-ring (bicyclic) bond motifs is 6. The Morgan fingerprint density at radius 3 is 2.49 bits per heavy atom. The van der Waals surface area contributed by atoms with Gasteiger partial charge < -0.3 is 38.6 Å². The van der Waals surface area contributed by atoms with Gasteiger partial charge >= 0.3 is 12.1 Å². The number of carbonyl (C=O) groups is 4. The number of nitrogens with one attached hydrogen (secondary N) is 1. The van der Waals surface area contributed by atoms with E-state index < -0.39 is 59.3 Å². The molecule has 0 spiro atoms. The summed E-state index contributed by atoms with van der Waals surface area (Å²) in [5, 5.41) is 14.5. The van der Waals surface area contributed by atoms with Gasteiger partial charge in [-0.05, 0) is 58.2 Å². The number of allylic oxidation sites excluding steroid dienone is 3. The fourth-order valence-corrected chi connectivity index (χ4v) is 7.53. The highest BCUT2D eigenvalue weighted by Crippen LogP contribution is 2.50. The molecule has 5 rings (SSSR count). The second-order valence-electron chi connectivity index (χ2n) is 15.5. The van der Waals surface area contributed by atoms with E-state index in [0.717, 1.165) is 11.1 Å². The largest absolute Gasteiger partial charge is 0.495 e. The maximum absolute atomic E-state index is 14.1. The molecule has 0 radical (unpaired) electrons. The lowest BCUT2D eigenvalue weighted by Gasteiger charge is -2.59. The van der Waals surface area contributed by atoms with Crippen molar-refractivity contribution in [1.82, 2.24) is 10.2 Å². The number of amides is 3. The zero-order chi connectivity index (χ0) is 39.7. The Bertz CT molecular complexity index is 1640. The number of alkyl carbamates (subject to hydrolysis) is 1. The molecular formula is C38H54ClN3O10S. The number of thiol groups is 1. The number of benzene rings is 1. The number of rotatable bonds is 8. The summed E-state index contributed by atoms with van der Waals surface area (Å²) in [6.45, 7) is 10.7. The van der Waals surface area contributed by atoms with E-state index in [9.17, 15) is 24.3 Å². The van der Waals surface area contributed by atoms with Crippen molar-refractivity contribution in [2.24, 2.45) is 0 Å². The smallest absolute Gasteiger partial charge is 0.409 e. The Kier molecular flexibility index (Phi) is 13.0. The molecule has 1 unspecified atom stereocenters. The Hall–Kier alpha value is -3.30. The molecule has 1 aromatic rings. The number of anilines is 1. The van der Waals surface area contributed by atoms with Crippen LogP contribution in [0, 0.1) is 0 Å². The van der Waals surface area contributed by atoms with Crippen LogP contribution in [0.5, 0.6) is 5.75 Å². The van der Waals surface area contributed by atoms with E-state index in [1.54, 1.807) is 52.1 Å². The molecule has 13 nitrogen and oxygen atoms in total. The molecule has 2 fully saturated rings. The summed E-state index contributed by atoms with van der Waals surface area (Å²) < 4.78 is 29.1. The van der Waals surface area contributed by atoms with Gasteiger partial charge in [0.1, 0.15) is 46.3 Å². The molecule has 2 saturated heterocycles. The van der Waals surface area contributed by atoms with Crippen LogP contribution in [0.4, 0.5) is 10.5 Å². The summed E-state index contributed by atoms with van der Waals surface area (Å²) in [6.07, 6.45) is 2.21. The quantitative estimate of drug-likeness (QED) is 0.239. The molecule has 4 aliphatic rings. The molecule has 294 valence electrons. The number of hydrogen-bond acceptors (Lipinski definition) is 11. The van der Waals surface area contributed by atoms with Gasteiger partial charge in [-0.2, -0.15) is 12.6 Å². The minimum absolute atomic E-state index is 0.0971. The highest BCUT2D eigenvalue weighted by atomic mass is 35.5. The summed E-state index contributed by atoms with van der Waals surface area (Å²) in [7, 11) is 6.01. The predicted molar refractivity (Wildman–Crippen MR) is 203 cm³/mol. The van der Waals surface area contributed by atoms with Crippen LogP contribution in [0.25, 0.3) is 0 Å². The molecule has 53 heavy (non-hydrogen) atoms. The zero-order valence-corrected chi connectivity index (χ0v) is 33.9. The van der Waals surface area contributed by atoms with Crippen LogP contribution in [0.2, 0.25) is 5.02 Å². The minimum Gasteiger partial charge on any atom is -0.495 e. The zero-order valence-electron chi connectivity index (χ0n) is 32.3. The standard InChI is InChI=1S/C38H54ClN3O10S/c1-22-12-11-13-27(49-10)38(47)20-29(51-34(46)40-38)37(6)21-36(5,52-37)28(50-33(45)23(2)41(7)30(43)14-15-35(3,4)53)19-31(44)42(8)25-17-24(16-22)18-26(48-9)32(25)39/h11-13,17-18,23,27-29,47,53H,14-16,19-21H2,1-10H3,(H,40,46)/b13-11+,22-12-/t23-,27+,28-,29-,36+,37?,38-/m0/s1. The van der Waals surface area contributed by atoms with E-state index in [1.807, 2.05) is 26.8 Å². The third-order valence-electron chi connectivity index (χ3n) is 10.4. The highest BCUT2D eigenvalue weighted by Gasteiger charge is 2.63. The normalized spacial score (nSPS) is 31.5. The Morgan fingerprint density at radius 1 is 1.23 bits per heavy atom. The SMILES string of the molecule is COc1cc2cc(c1Cl)N(C)C(=O)C[C@H](OC(=O)[C@H](C)N(C)C(=O)CCC(C)(C)S)[C@@]1(C)CC(C)(O1)[C@@H]1C[C@@](O)(NC(=O)O1)[C@H](OC)/C=C/C=C(/C)C2. The lowest BCUT2D eigenvalue weighted by atomic mass is 9.72. The molecule has 0 aromatic heterocycles. The molecule has 4 aliphatic heterocycles. The van der Waals surface area contributed by atoms with Gasteiger partial charge in [0.05, 0.1) is 19.2 Å².